The van der Waals surface area contributed by atoms with Gasteiger partial charge in [-0.1, -0.05) is 28.9 Å². The molecule has 2 aliphatic rings. The third-order valence-electron chi connectivity index (χ3n) is 5.92. The molecule has 194 valence electrons. The lowest BCUT2D eigenvalue weighted by molar-refractivity contribution is -0.275. The molecule has 0 bridgehead atoms. The fourth-order valence-corrected chi connectivity index (χ4v) is 4.34. The average Bonchev–Trinajstić information content (AvgIpc) is 3.12. The molecular formula is C25H25ClF4N2O4. The van der Waals surface area contributed by atoms with Gasteiger partial charge in [0, 0.05) is 12.0 Å². The number of aryl methyl sites for hydroxylation is 1. The summed E-state index contributed by atoms with van der Waals surface area (Å²) in [7, 11) is 0. The van der Waals surface area contributed by atoms with Gasteiger partial charge in [0.2, 0.25) is 0 Å². The van der Waals surface area contributed by atoms with Crippen molar-refractivity contribution in [3.05, 3.63) is 69.0 Å². The van der Waals surface area contributed by atoms with Crippen LogP contribution in [-0.2, 0) is 33.1 Å². The van der Waals surface area contributed by atoms with Gasteiger partial charge in [0.1, 0.15) is 18.1 Å². The molecule has 2 aromatic rings. The SMILES string of the molecule is Cc1cc(C2(C(F)(F)F)CC(c3ccc4c(c3)COCN(C(=O)OC(C)(C)C)C4)=NO2)cc(Cl)c1F. The van der Waals surface area contributed by atoms with Gasteiger partial charge in [-0.2, -0.15) is 13.2 Å². The lowest BCUT2D eigenvalue weighted by Crippen LogP contribution is -2.42. The third kappa shape index (κ3) is 5.01. The van der Waals surface area contributed by atoms with Crippen LogP contribution in [0.2, 0.25) is 5.02 Å². The smallest absolute Gasteiger partial charge is 0.435 e. The molecule has 11 heteroatoms. The van der Waals surface area contributed by atoms with Crippen molar-refractivity contribution >= 4 is 23.4 Å². The first-order valence-electron chi connectivity index (χ1n) is 11.2. The Bertz CT molecular complexity index is 1200. The maximum Gasteiger partial charge on any atom is 0.435 e. The Hall–Kier alpha value is -2.85. The Morgan fingerprint density at radius 3 is 2.53 bits per heavy atom. The molecule has 4 rings (SSSR count). The van der Waals surface area contributed by atoms with Crippen LogP contribution >= 0.6 is 11.6 Å². The van der Waals surface area contributed by atoms with Gasteiger partial charge in [0.25, 0.3) is 5.60 Å². The Morgan fingerprint density at radius 2 is 1.89 bits per heavy atom. The molecule has 1 amide bonds. The summed E-state index contributed by atoms with van der Waals surface area (Å²) >= 11 is 5.84. The number of hydrogen-bond acceptors (Lipinski definition) is 5. The molecule has 2 aromatic carbocycles. The molecule has 0 N–H and O–H groups in total. The Labute approximate surface area is 210 Å². The fourth-order valence-electron chi connectivity index (χ4n) is 4.07. The van der Waals surface area contributed by atoms with E-state index in [0.717, 1.165) is 17.7 Å². The highest BCUT2D eigenvalue weighted by molar-refractivity contribution is 6.30. The molecule has 36 heavy (non-hydrogen) atoms. The summed E-state index contributed by atoms with van der Waals surface area (Å²) in [6, 6.07) is 7.00. The van der Waals surface area contributed by atoms with Crippen molar-refractivity contribution in [2.45, 2.75) is 64.6 Å². The van der Waals surface area contributed by atoms with E-state index in [4.69, 9.17) is 25.9 Å². The van der Waals surface area contributed by atoms with E-state index in [0.29, 0.717) is 11.1 Å². The number of amides is 1. The number of rotatable bonds is 2. The van der Waals surface area contributed by atoms with E-state index < -0.39 is 40.7 Å². The minimum atomic E-state index is -4.85. The molecule has 0 radical (unpaired) electrons. The predicted molar refractivity (Wildman–Crippen MR) is 124 cm³/mol. The van der Waals surface area contributed by atoms with Gasteiger partial charge < -0.3 is 14.3 Å². The summed E-state index contributed by atoms with van der Waals surface area (Å²) in [5.41, 5.74) is -1.88. The van der Waals surface area contributed by atoms with Gasteiger partial charge in [0.05, 0.1) is 23.9 Å². The molecular weight excluding hydrogens is 504 g/mol. The number of carbonyl (C=O) groups is 1. The topological polar surface area (TPSA) is 60.4 Å². The number of oxime groups is 1. The summed E-state index contributed by atoms with van der Waals surface area (Å²) in [5, 5.41) is 3.35. The van der Waals surface area contributed by atoms with E-state index in [1.807, 2.05) is 0 Å². The van der Waals surface area contributed by atoms with Crippen LogP contribution in [0.4, 0.5) is 22.4 Å². The first-order valence-corrected chi connectivity index (χ1v) is 11.5. The van der Waals surface area contributed by atoms with Crippen molar-refractivity contribution in [1.82, 2.24) is 4.90 Å². The van der Waals surface area contributed by atoms with Gasteiger partial charge in [-0.3, -0.25) is 4.90 Å². The Kier molecular flexibility index (Phi) is 6.72. The molecule has 0 saturated carbocycles. The normalized spacial score (nSPS) is 20.4. The second-order valence-electron chi connectivity index (χ2n) is 9.86. The van der Waals surface area contributed by atoms with E-state index in [2.05, 4.69) is 5.16 Å². The van der Waals surface area contributed by atoms with E-state index in [1.54, 1.807) is 39.0 Å². The van der Waals surface area contributed by atoms with Crippen molar-refractivity contribution in [2.75, 3.05) is 6.73 Å². The van der Waals surface area contributed by atoms with Crippen molar-refractivity contribution in [3.63, 3.8) is 0 Å². The van der Waals surface area contributed by atoms with Crippen LogP contribution < -0.4 is 0 Å². The van der Waals surface area contributed by atoms with Crippen molar-refractivity contribution in [1.29, 1.82) is 0 Å². The number of benzene rings is 2. The standard InChI is InChI=1S/C25H25ClF4N2O4/c1-14-7-18(9-19(26)21(14)27)24(25(28,29)30)10-20(31-36-24)15-5-6-16-11-32(13-34-12-17(16)8-15)22(33)35-23(2,3)4/h5-9H,10-13H2,1-4H3. The quantitative estimate of drug-likeness (QED) is 0.412. The van der Waals surface area contributed by atoms with Crippen LogP contribution in [0.15, 0.2) is 35.5 Å². The molecule has 1 unspecified atom stereocenters. The van der Waals surface area contributed by atoms with Gasteiger partial charge in [-0.15, -0.1) is 0 Å². The molecule has 2 aliphatic heterocycles. The molecule has 2 heterocycles. The minimum Gasteiger partial charge on any atom is -0.444 e. The first-order chi connectivity index (χ1) is 16.7. The average molecular weight is 529 g/mol. The second-order valence-corrected chi connectivity index (χ2v) is 10.3. The highest BCUT2D eigenvalue weighted by atomic mass is 35.5. The zero-order chi connectivity index (χ0) is 26.5. The lowest BCUT2D eigenvalue weighted by Gasteiger charge is -2.30. The summed E-state index contributed by atoms with van der Waals surface area (Å²) in [6.07, 6.45) is -6.01. The molecule has 0 aliphatic carbocycles. The van der Waals surface area contributed by atoms with Gasteiger partial charge in [-0.25, -0.2) is 9.18 Å². The van der Waals surface area contributed by atoms with Gasteiger partial charge >= 0.3 is 12.3 Å². The monoisotopic (exact) mass is 528 g/mol. The largest absolute Gasteiger partial charge is 0.444 e. The van der Waals surface area contributed by atoms with Crippen molar-refractivity contribution in [2.24, 2.45) is 5.16 Å². The zero-order valence-corrected chi connectivity index (χ0v) is 20.9. The number of halogens is 5. The Balaban J connectivity index is 1.61. The second kappa shape index (κ2) is 9.23. The predicted octanol–water partition coefficient (Wildman–Crippen LogP) is 6.59. The molecule has 0 aromatic heterocycles. The van der Waals surface area contributed by atoms with Crippen LogP contribution in [0, 0.1) is 12.7 Å². The highest BCUT2D eigenvalue weighted by Gasteiger charge is 2.62. The molecule has 0 spiro atoms. The molecule has 0 fully saturated rings. The van der Waals surface area contributed by atoms with E-state index >= 15 is 0 Å². The first kappa shape index (κ1) is 26.2. The number of carbonyl (C=O) groups excluding carboxylic acids is 1. The molecule has 6 nitrogen and oxygen atoms in total. The van der Waals surface area contributed by atoms with Crippen LogP contribution in [0.25, 0.3) is 0 Å². The molecule has 0 saturated heterocycles. The third-order valence-corrected chi connectivity index (χ3v) is 6.19. The number of ether oxygens (including phenoxy) is 2. The summed E-state index contributed by atoms with van der Waals surface area (Å²) in [6.45, 7) is 6.98. The maximum atomic E-state index is 14.3. The maximum absolute atomic E-state index is 14.3. The van der Waals surface area contributed by atoms with Crippen molar-refractivity contribution in [3.8, 4) is 0 Å². The van der Waals surface area contributed by atoms with Gasteiger partial charge in [-0.05, 0) is 68.1 Å². The minimum absolute atomic E-state index is 0.00481. The lowest BCUT2D eigenvalue weighted by atomic mass is 9.85. The summed E-state index contributed by atoms with van der Waals surface area (Å²) in [4.78, 5) is 18.9. The number of nitrogens with zero attached hydrogens (tertiary/aromatic N) is 2. The van der Waals surface area contributed by atoms with E-state index in [1.165, 1.54) is 11.8 Å². The van der Waals surface area contributed by atoms with E-state index in [9.17, 15) is 22.4 Å². The number of fused-ring (bicyclic) bond motifs is 1. The molecule has 1 atom stereocenters. The van der Waals surface area contributed by atoms with Crippen LogP contribution in [0.1, 0.15) is 55.0 Å². The Morgan fingerprint density at radius 1 is 1.17 bits per heavy atom. The summed E-state index contributed by atoms with van der Waals surface area (Å²) < 4.78 is 67.9. The van der Waals surface area contributed by atoms with Crippen LogP contribution in [-0.4, -0.2) is 35.2 Å². The van der Waals surface area contributed by atoms with Crippen molar-refractivity contribution < 1.29 is 36.7 Å². The van der Waals surface area contributed by atoms with E-state index in [-0.39, 0.29) is 36.7 Å². The van der Waals surface area contributed by atoms with Gasteiger partial charge in [0.15, 0.2) is 0 Å². The summed E-state index contributed by atoms with van der Waals surface area (Å²) in [5.74, 6) is -0.789. The van der Waals surface area contributed by atoms with Crippen LogP contribution in [0.3, 0.4) is 0 Å². The zero-order valence-electron chi connectivity index (χ0n) is 20.1. The fraction of sp³-hybridized carbons (Fsp3) is 0.440. The number of hydrogen-bond donors (Lipinski definition) is 0. The van der Waals surface area contributed by atoms with Crippen LogP contribution in [0.5, 0.6) is 0 Å². The number of alkyl halides is 3. The highest BCUT2D eigenvalue weighted by Crippen LogP contribution is 2.49.